The second-order valence-corrected chi connectivity index (χ2v) is 7.29. The van der Waals surface area contributed by atoms with E-state index >= 15 is 0 Å². The summed E-state index contributed by atoms with van der Waals surface area (Å²) in [5.41, 5.74) is 1.25. The molecule has 0 radical (unpaired) electrons. The molecule has 9 nitrogen and oxygen atoms in total. The molecule has 172 valence electrons. The van der Waals surface area contributed by atoms with Crippen LogP contribution in [0.3, 0.4) is 0 Å². The molecule has 0 bridgehead atoms. The van der Waals surface area contributed by atoms with Gasteiger partial charge in [0.25, 0.3) is 0 Å². The summed E-state index contributed by atoms with van der Waals surface area (Å²) in [7, 11) is 3.64. The SMILES string of the molecule is COc1ccc(CCNC(=NCc2nnc(C)n2C)NCCN2CCOCC2)cc1.I. The first-order valence-corrected chi connectivity index (χ1v) is 10.5. The predicted octanol–water partition coefficient (Wildman–Crippen LogP) is 1.36. The normalized spacial score (nSPS) is 14.7. The first kappa shape index (κ1) is 25.3. The molecule has 0 atom stereocenters. The second kappa shape index (κ2) is 13.5. The molecule has 1 aromatic carbocycles. The Bertz CT molecular complexity index is 805. The number of hydrogen-bond acceptors (Lipinski definition) is 6. The van der Waals surface area contributed by atoms with Gasteiger partial charge in [-0.1, -0.05) is 12.1 Å². The Morgan fingerprint density at radius 1 is 1.13 bits per heavy atom. The van der Waals surface area contributed by atoms with Crippen molar-refractivity contribution in [2.75, 3.05) is 53.0 Å². The number of morpholine rings is 1. The van der Waals surface area contributed by atoms with Gasteiger partial charge >= 0.3 is 0 Å². The molecule has 3 rings (SSSR count). The zero-order valence-electron chi connectivity index (χ0n) is 18.6. The van der Waals surface area contributed by atoms with Gasteiger partial charge in [-0.2, -0.15) is 0 Å². The number of rotatable bonds is 9. The van der Waals surface area contributed by atoms with Gasteiger partial charge in [0, 0.05) is 39.8 Å². The van der Waals surface area contributed by atoms with E-state index in [0.29, 0.717) is 6.54 Å². The summed E-state index contributed by atoms with van der Waals surface area (Å²) in [6, 6.07) is 8.15. The van der Waals surface area contributed by atoms with Gasteiger partial charge in [0.2, 0.25) is 0 Å². The van der Waals surface area contributed by atoms with E-state index in [1.54, 1.807) is 7.11 Å². The van der Waals surface area contributed by atoms with E-state index in [-0.39, 0.29) is 24.0 Å². The lowest BCUT2D eigenvalue weighted by Gasteiger charge is -2.26. The van der Waals surface area contributed by atoms with E-state index < -0.39 is 0 Å². The highest BCUT2D eigenvalue weighted by atomic mass is 127. The average molecular weight is 543 g/mol. The van der Waals surface area contributed by atoms with Crippen molar-refractivity contribution < 1.29 is 9.47 Å². The molecule has 1 saturated heterocycles. The van der Waals surface area contributed by atoms with Gasteiger partial charge in [0.15, 0.2) is 11.8 Å². The van der Waals surface area contributed by atoms with Crippen molar-refractivity contribution in [3.05, 3.63) is 41.5 Å². The number of benzene rings is 1. The third-order valence-corrected chi connectivity index (χ3v) is 5.25. The summed E-state index contributed by atoms with van der Waals surface area (Å²) in [5, 5.41) is 15.2. The lowest BCUT2D eigenvalue weighted by atomic mass is 10.1. The Balaban J connectivity index is 0.00000341. The molecule has 2 N–H and O–H groups in total. The number of hydrogen-bond donors (Lipinski definition) is 2. The fourth-order valence-electron chi connectivity index (χ4n) is 3.19. The third-order valence-electron chi connectivity index (χ3n) is 5.25. The smallest absolute Gasteiger partial charge is 0.191 e. The summed E-state index contributed by atoms with van der Waals surface area (Å²) in [6.45, 7) is 8.58. The Kier molecular flexibility index (Phi) is 11.0. The molecule has 31 heavy (non-hydrogen) atoms. The van der Waals surface area contributed by atoms with Crippen molar-refractivity contribution >= 4 is 29.9 Å². The highest BCUT2D eigenvalue weighted by Crippen LogP contribution is 2.11. The highest BCUT2D eigenvalue weighted by Gasteiger charge is 2.10. The molecule has 1 fully saturated rings. The Morgan fingerprint density at radius 2 is 1.84 bits per heavy atom. The number of nitrogens with zero attached hydrogens (tertiary/aromatic N) is 5. The minimum Gasteiger partial charge on any atom is -0.497 e. The van der Waals surface area contributed by atoms with Crippen LogP contribution in [0.1, 0.15) is 17.2 Å². The number of methoxy groups -OCH3 is 1. The second-order valence-electron chi connectivity index (χ2n) is 7.29. The number of aryl methyl sites for hydroxylation is 1. The summed E-state index contributed by atoms with van der Waals surface area (Å²) in [4.78, 5) is 7.12. The number of nitrogens with one attached hydrogen (secondary N) is 2. The van der Waals surface area contributed by atoms with Crippen LogP contribution in [0.5, 0.6) is 5.75 Å². The van der Waals surface area contributed by atoms with Gasteiger partial charge in [-0.05, 0) is 31.0 Å². The summed E-state index contributed by atoms with van der Waals surface area (Å²) >= 11 is 0. The van der Waals surface area contributed by atoms with Crippen LogP contribution in [-0.2, 0) is 24.8 Å². The average Bonchev–Trinajstić information content (AvgIpc) is 3.10. The summed E-state index contributed by atoms with van der Waals surface area (Å²) in [5.74, 6) is 3.39. The van der Waals surface area contributed by atoms with Crippen molar-refractivity contribution in [1.29, 1.82) is 0 Å². The van der Waals surface area contributed by atoms with Gasteiger partial charge in [-0.25, -0.2) is 4.99 Å². The molecular formula is C21H34IN7O2. The maximum atomic E-state index is 5.42. The minimum atomic E-state index is 0. The van der Waals surface area contributed by atoms with Crippen LogP contribution in [0.25, 0.3) is 0 Å². The molecular weight excluding hydrogens is 509 g/mol. The number of aliphatic imine (C=N–C) groups is 1. The Hall–Kier alpha value is -1.92. The third kappa shape index (κ3) is 8.26. The van der Waals surface area contributed by atoms with Crippen molar-refractivity contribution in [2.24, 2.45) is 12.0 Å². The van der Waals surface area contributed by atoms with Crippen LogP contribution in [0.4, 0.5) is 0 Å². The maximum Gasteiger partial charge on any atom is 0.191 e. The lowest BCUT2D eigenvalue weighted by Crippen LogP contribution is -2.44. The molecule has 10 heteroatoms. The van der Waals surface area contributed by atoms with Gasteiger partial charge in [0.05, 0.1) is 20.3 Å². The molecule has 0 amide bonds. The summed E-state index contributed by atoms with van der Waals surface area (Å²) < 4.78 is 12.6. The molecule has 0 unspecified atom stereocenters. The van der Waals surface area contributed by atoms with Gasteiger partial charge in [-0.3, -0.25) is 4.90 Å². The largest absolute Gasteiger partial charge is 0.497 e. The molecule has 0 aliphatic carbocycles. The fraction of sp³-hybridized carbons (Fsp3) is 0.571. The topological polar surface area (TPSA) is 88.8 Å². The lowest BCUT2D eigenvalue weighted by molar-refractivity contribution is 0.0389. The first-order chi connectivity index (χ1) is 14.7. The molecule has 0 saturated carbocycles. The Morgan fingerprint density at radius 3 is 2.48 bits per heavy atom. The molecule has 1 aliphatic rings. The number of ether oxygens (including phenoxy) is 2. The zero-order chi connectivity index (χ0) is 21.2. The van der Waals surface area contributed by atoms with E-state index in [4.69, 9.17) is 14.5 Å². The van der Waals surface area contributed by atoms with E-state index in [9.17, 15) is 0 Å². The van der Waals surface area contributed by atoms with Gasteiger partial charge in [0.1, 0.15) is 18.1 Å². The van der Waals surface area contributed by atoms with Gasteiger partial charge in [-0.15, -0.1) is 34.2 Å². The number of aromatic nitrogens is 3. The van der Waals surface area contributed by atoms with E-state index in [2.05, 4.69) is 37.9 Å². The van der Waals surface area contributed by atoms with Crippen LogP contribution in [0.15, 0.2) is 29.3 Å². The van der Waals surface area contributed by atoms with Crippen molar-refractivity contribution in [1.82, 2.24) is 30.3 Å². The van der Waals surface area contributed by atoms with Crippen LogP contribution < -0.4 is 15.4 Å². The van der Waals surface area contributed by atoms with Crippen LogP contribution >= 0.6 is 24.0 Å². The standard InChI is InChI=1S/C21H33N7O2.HI/c1-17-25-26-20(27(17)2)16-24-21(23-10-11-28-12-14-30-15-13-28)22-9-8-18-4-6-19(29-3)7-5-18;/h4-7H,8-16H2,1-3H3,(H2,22,23,24);1H. The first-order valence-electron chi connectivity index (χ1n) is 10.5. The number of guanidine groups is 1. The van der Waals surface area contributed by atoms with Crippen LogP contribution in [-0.4, -0.2) is 78.7 Å². The van der Waals surface area contributed by atoms with Crippen molar-refractivity contribution in [2.45, 2.75) is 19.9 Å². The molecule has 0 spiro atoms. The highest BCUT2D eigenvalue weighted by molar-refractivity contribution is 14.0. The Labute approximate surface area is 201 Å². The minimum absolute atomic E-state index is 0. The van der Waals surface area contributed by atoms with Crippen molar-refractivity contribution in [3.8, 4) is 5.75 Å². The molecule has 2 heterocycles. The van der Waals surface area contributed by atoms with E-state index in [1.807, 2.05) is 30.7 Å². The van der Waals surface area contributed by atoms with Crippen LogP contribution in [0.2, 0.25) is 0 Å². The molecule has 1 aliphatic heterocycles. The maximum absolute atomic E-state index is 5.42. The quantitative estimate of drug-likeness (QED) is 0.281. The van der Waals surface area contributed by atoms with Crippen molar-refractivity contribution in [3.63, 3.8) is 0 Å². The molecule has 2 aromatic rings. The molecule has 1 aromatic heterocycles. The monoisotopic (exact) mass is 543 g/mol. The van der Waals surface area contributed by atoms with E-state index in [0.717, 1.165) is 75.7 Å². The fourth-order valence-corrected chi connectivity index (χ4v) is 3.19. The van der Waals surface area contributed by atoms with E-state index in [1.165, 1.54) is 5.56 Å². The predicted molar refractivity (Wildman–Crippen MR) is 132 cm³/mol. The summed E-state index contributed by atoms with van der Waals surface area (Å²) in [6.07, 6.45) is 0.900. The zero-order valence-corrected chi connectivity index (χ0v) is 21.0. The number of halogens is 1. The van der Waals surface area contributed by atoms with Gasteiger partial charge < -0.3 is 24.7 Å². The van der Waals surface area contributed by atoms with Crippen LogP contribution in [0, 0.1) is 6.92 Å².